The Kier molecular flexibility index (Phi) is 6.15. The van der Waals surface area contributed by atoms with Crippen LogP contribution in [0, 0.1) is 0 Å². The third-order valence-electron chi connectivity index (χ3n) is 4.24. The van der Waals surface area contributed by atoms with Gasteiger partial charge in [-0.2, -0.15) is 0 Å². The van der Waals surface area contributed by atoms with Crippen LogP contribution in [0.3, 0.4) is 0 Å². The number of hydrogen-bond acceptors (Lipinski definition) is 4. The zero-order chi connectivity index (χ0) is 16.2. The van der Waals surface area contributed by atoms with E-state index in [9.17, 15) is 9.00 Å². The van der Waals surface area contributed by atoms with Gasteiger partial charge in [0.15, 0.2) is 0 Å². The van der Waals surface area contributed by atoms with Gasteiger partial charge in [0.05, 0.1) is 16.5 Å². The molecule has 1 aromatic heterocycles. The van der Waals surface area contributed by atoms with Crippen molar-refractivity contribution < 1.29 is 9.00 Å². The maximum absolute atomic E-state index is 12.1. The third kappa shape index (κ3) is 5.16. The second-order valence-electron chi connectivity index (χ2n) is 6.67. The van der Waals surface area contributed by atoms with Crippen molar-refractivity contribution in [1.82, 2.24) is 10.3 Å². The molecule has 1 saturated carbocycles. The van der Waals surface area contributed by atoms with Crippen LogP contribution in [0.2, 0.25) is 0 Å². The van der Waals surface area contributed by atoms with Crippen molar-refractivity contribution in [3.05, 3.63) is 16.1 Å². The lowest BCUT2D eigenvalue weighted by Crippen LogP contribution is -2.44. The average Bonchev–Trinajstić information content (AvgIpc) is 3.07. The second kappa shape index (κ2) is 7.68. The average molecular weight is 343 g/mol. The zero-order valence-electron chi connectivity index (χ0n) is 13.7. The Morgan fingerprint density at radius 1 is 1.45 bits per heavy atom. The Labute approximate surface area is 139 Å². The summed E-state index contributed by atoms with van der Waals surface area (Å²) in [5.41, 5.74) is 0.630. The van der Waals surface area contributed by atoms with Crippen LogP contribution in [0.4, 0.5) is 0 Å². The van der Waals surface area contributed by atoms with Crippen molar-refractivity contribution in [2.75, 3.05) is 5.75 Å². The van der Waals surface area contributed by atoms with Gasteiger partial charge < -0.3 is 5.32 Å². The van der Waals surface area contributed by atoms with E-state index in [4.69, 9.17) is 0 Å². The molecule has 0 unspecified atom stereocenters. The number of amides is 1. The summed E-state index contributed by atoms with van der Waals surface area (Å²) in [5.74, 6) is 0.889. The molecule has 124 valence electrons. The fourth-order valence-electron chi connectivity index (χ4n) is 2.61. The Morgan fingerprint density at radius 3 is 2.77 bits per heavy atom. The molecule has 4 nitrogen and oxygen atoms in total. The lowest BCUT2D eigenvalue weighted by molar-refractivity contribution is -0.120. The van der Waals surface area contributed by atoms with Gasteiger partial charge in [0.25, 0.3) is 0 Å². The molecular weight excluding hydrogens is 316 g/mol. The van der Waals surface area contributed by atoms with Crippen molar-refractivity contribution in [2.24, 2.45) is 0 Å². The molecule has 1 aromatic rings. The molecule has 1 fully saturated rings. The van der Waals surface area contributed by atoms with E-state index in [1.807, 2.05) is 26.2 Å². The monoisotopic (exact) mass is 342 g/mol. The molecule has 1 heterocycles. The number of thiazole rings is 1. The molecule has 2 rings (SSSR count). The first kappa shape index (κ1) is 17.6. The van der Waals surface area contributed by atoms with E-state index in [0.717, 1.165) is 12.1 Å². The van der Waals surface area contributed by atoms with Gasteiger partial charge in [-0.25, -0.2) is 4.98 Å². The first-order valence-electron chi connectivity index (χ1n) is 8.00. The summed E-state index contributed by atoms with van der Waals surface area (Å²) in [6.07, 6.45) is 5.88. The molecule has 1 atom stereocenters. The maximum Gasteiger partial charge on any atom is 0.233 e. The summed E-state index contributed by atoms with van der Waals surface area (Å²) in [4.78, 5) is 16.5. The minimum atomic E-state index is -1.19. The van der Waals surface area contributed by atoms with E-state index in [1.165, 1.54) is 30.7 Å². The summed E-state index contributed by atoms with van der Waals surface area (Å²) in [6, 6.07) is 0. The zero-order valence-corrected chi connectivity index (χ0v) is 15.3. The minimum Gasteiger partial charge on any atom is -0.350 e. The van der Waals surface area contributed by atoms with Gasteiger partial charge in [-0.1, -0.05) is 19.8 Å². The highest BCUT2D eigenvalue weighted by Gasteiger charge is 2.22. The molecule has 1 N–H and O–H groups in total. The van der Waals surface area contributed by atoms with E-state index < -0.39 is 10.8 Å². The molecule has 1 aliphatic carbocycles. The predicted octanol–water partition coefficient (Wildman–Crippen LogP) is 3.35. The van der Waals surface area contributed by atoms with Crippen molar-refractivity contribution in [3.8, 4) is 0 Å². The van der Waals surface area contributed by atoms with Crippen molar-refractivity contribution >= 4 is 28.0 Å². The highest BCUT2D eigenvalue weighted by atomic mass is 32.2. The van der Waals surface area contributed by atoms with Gasteiger partial charge in [0.1, 0.15) is 5.75 Å². The molecule has 1 aliphatic rings. The van der Waals surface area contributed by atoms with Crippen LogP contribution in [0.1, 0.15) is 69.5 Å². The van der Waals surface area contributed by atoms with E-state index in [2.05, 4.69) is 10.3 Å². The van der Waals surface area contributed by atoms with Crippen LogP contribution in [0.5, 0.6) is 0 Å². The van der Waals surface area contributed by atoms with E-state index in [0.29, 0.717) is 11.7 Å². The van der Waals surface area contributed by atoms with Gasteiger partial charge in [0, 0.05) is 27.6 Å². The van der Waals surface area contributed by atoms with Gasteiger partial charge in [-0.05, 0) is 33.1 Å². The standard InChI is InChI=1S/C16H26N2O2S2/c1-4-16(2,3)18-14(19)11-22(20)10-13-9-21-15(17-13)12-7-5-6-8-12/h9,12H,4-8,10-11H2,1-3H3,(H,18,19)/t22-/m0/s1. The normalized spacial score (nSPS) is 17.6. The van der Waals surface area contributed by atoms with Crippen LogP contribution in [-0.2, 0) is 21.3 Å². The molecule has 0 radical (unpaired) electrons. The third-order valence-corrected chi connectivity index (χ3v) is 6.49. The van der Waals surface area contributed by atoms with Crippen LogP contribution in [0.15, 0.2) is 5.38 Å². The molecular formula is C16H26N2O2S2. The van der Waals surface area contributed by atoms with Crippen molar-refractivity contribution in [3.63, 3.8) is 0 Å². The lowest BCUT2D eigenvalue weighted by Gasteiger charge is -2.24. The Balaban J connectivity index is 1.83. The Bertz CT molecular complexity index is 534. The van der Waals surface area contributed by atoms with Gasteiger partial charge in [-0.15, -0.1) is 11.3 Å². The molecule has 1 amide bonds. The van der Waals surface area contributed by atoms with Crippen molar-refractivity contribution in [2.45, 2.75) is 70.1 Å². The Morgan fingerprint density at radius 2 is 2.14 bits per heavy atom. The summed E-state index contributed by atoms with van der Waals surface area (Å²) in [6.45, 7) is 5.97. The summed E-state index contributed by atoms with van der Waals surface area (Å²) in [7, 11) is -1.19. The summed E-state index contributed by atoms with van der Waals surface area (Å²) in [5, 5.41) is 6.10. The number of nitrogens with one attached hydrogen (secondary N) is 1. The fraction of sp³-hybridized carbons (Fsp3) is 0.750. The minimum absolute atomic E-state index is 0.0553. The van der Waals surface area contributed by atoms with Gasteiger partial charge >= 0.3 is 0 Å². The SMILES string of the molecule is CCC(C)(C)NC(=O)C[S@@](=O)Cc1csc(C2CCCC2)n1. The first-order valence-corrected chi connectivity index (χ1v) is 10.4. The van der Waals surface area contributed by atoms with Crippen LogP contribution in [0.25, 0.3) is 0 Å². The van der Waals surface area contributed by atoms with Crippen LogP contribution in [-0.4, -0.2) is 26.4 Å². The van der Waals surface area contributed by atoms with E-state index in [1.54, 1.807) is 11.3 Å². The fourth-order valence-corrected chi connectivity index (χ4v) is 4.65. The molecule has 0 spiro atoms. The molecule has 0 aromatic carbocycles. The quantitative estimate of drug-likeness (QED) is 0.826. The van der Waals surface area contributed by atoms with Crippen LogP contribution >= 0.6 is 11.3 Å². The van der Waals surface area contributed by atoms with E-state index in [-0.39, 0.29) is 17.2 Å². The molecule has 0 bridgehead atoms. The van der Waals surface area contributed by atoms with Gasteiger partial charge in [0.2, 0.25) is 5.91 Å². The number of rotatable bonds is 7. The van der Waals surface area contributed by atoms with Gasteiger partial charge in [-0.3, -0.25) is 9.00 Å². The summed E-state index contributed by atoms with van der Waals surface area (Å²) >= 11 is 1.68. The molecule has 0 aliphatic heterocycles. The number of nitrogens with zero attached hydrogens (tertiary/aromatic N) is 1. The highest BCUT2D eigenvalue weighted by molar-refractivity contribution is 7.84. The number of carbonyl (C=O) groups is 1. The van der Waals surface area contributed by atoms with Crippen LogP contribution < -0.4 is 5.32 Å². The predicted molar refractivity (Wildman–Crippen MR) is 92.5 cm³/mol. The number of hydrogen-bond donors (Lipinski definition) is 1. The van der Waals surface area contributed by atoms with Crippen molar-refractivity contribution in [1.29, 1.82) is 0 Å². The first-order chi connectivity index (χ1) is 10.4. The highest BCUT2D eigenvalue weighted by Crippen LogP contribution is 2.35. The molecule has 6 heteroatoms. The Hall–Kier alpha value is -0.750. The topological polar surface area (TPSA) is 59.1 Å². The molecule has 22 heavy (non-hydrogen) atoms. The lowest BCUT2D eigenvalue weighted by atomic mass is 10.0. The largest absolute Gasteiger partial charge is 0.350 e. The second-order valence-corrected chi connectivity index (χ2v) is 9.02. The number of aromatic nitrogens is 1. The van der Waals surface area contributed by atoms with E-state index >= 15 is 0 Å². The smallest absolute Gasteiger partial charge is 0.233 e. The summed E-state index contributed by atoms with van der Waals surface area (Å²) < 4.78 is 12.1. The molecule has 0 saturated heterocycles. The maximum atomic E-state index is 12.1. The number of carbonyl (C=O) groups excluding carboxylic acids is 1.